The highest BCUT2D eigenvalue weighted by molar-refractivity contribution is 6.25. The zero-order valence-corrected chi connectivity index (χ0v) is 10.2. The first-order valence-electron chi connectivity index (χ1n) is 4.87. The van der Waals surface area contributed by atoms with Crippen LogP contribution in [0.3, 0.4) is 0 Å². The van der Waals surface area contributed by atoms with Crippen LogP contribution in [0.25, 0.3) is 0 Å². The van der Waals surface area contributed by atoms with Gasteiger partial charge in [-0.05, 0) is 12.8 Å². The zero-order chi connectivity index (χ0) is 11.7. The van der Waals surface area contributed by atoms with Crippen LogP contribution in [-0.2, 0) is 9.63 Å². The minimum Gasteiger partial charge on any atom is -0.275 e. The molecule has 0 saturated heterocycles. The molecule has 1 atom stereocenters. The Hall–Kier alpha value is -0.800. The van der Waals surface area contributed by atoms with E-state index in [0.717, 1.165) is 12.8 Å². The van der Waals surface area contributed by atoms with Crippen LogP contribution in [0, 0.1) is 5.92 Å². The van der Waals surface area contributed by atoms with Gasteiger partial charge < -0.3 is 0 Å². The minimum absolute atomic E-state index is 0.00112. The molecular formula is C11H18ClNO2. The molecule has 0 spiro atoms. The summed E-state index contributed by atoms with van der Waals surface area (Å²) in [5.41, 5.74) is 1.45. The fourth-order valence-corrected chi connectivity index (χ4v) is 1.17. The van der Waals surface area contributed by atoms with E-state index in [9.17, 15) is 4.79 Å². The number of hydroxylamine groups is 2. The van der Waals surface area contributed by atoms with E-state index in [4.69, 9.17) is 16.4 Å². The van der Waals surface area contributed by atoms with Crippen LogP contribution >= 0.6 is 11.6 Å². The lowest BCUT2D eigenvalue weighted by atomic mass is 10.0. The van der Waals surface area contributed by atoms with Crippen molar-refractivity contribution in [2.24, 2.45) is 5.92 Å². The van der Waals surface area contributed by atoms with Gasteiger partial charge >= 0.3 is 0 Å². The number of hydrogen-bond acceptors (Lipinski definition) is 2. The molecule has 0 N–H and O–H groups in total. The summed E-state index contributed by atoms with van der Waals surface area (Å²) in [6.45, 7) is 1.89. The summed E-state index contributed by atoms with van der Waals surface area (Å²) in [6, 6.07) is 0. The van der Waals surface area contributed by atoms with Gasteiger partial charge in [-0.15, -0.1) is 0 Å². The Bertz CT molecular complexity index is 239. The maximum atomic E-state index is 11.5. The highest BCUT2D eigenvalue weighted by atomic mass is 35.5. The fourth-order valence-electron chi connectivity index (χ4n) is 1.09. The standard InChI is InChI=1S/C11H18ClNO2/c1-10(11(14)13(2)15-3)8-6-4-5-7-9-12/h4-5,7,9-10H,6,8H2,1-3H3/b5-4+,9-7+/t10-/m1/s1. The third kappa shape index (κ3) is 6.31. The van der Waals surface area contributed by atoms with Crippen LogP contribution in [-0.4, -0.2) is 25.1 Å². The summed E-state index contributed by atoms with van der Waals surface area (Å²) in [7, 11) is 3.10. The number of rotatable bonds is 6. The third-order valence-electron chi connectivity index (χ3n) is 2.09. The van der Waals surface area contributed by atoms with Gasteiger partial charge in [0, 0.05) is 18.5 Å². The van der Waals surface area contributed by atoms with Crippen molar-refractivity contribution in [3.63, 3.8) is 0 Å². The van der Waals surface area contributed by atoms with Crippen LogP contribution in [0.5, 0.6) is 0 Å². The van der Waals surface area contributed by atoms with Gasteiger partial charge in [-0.2, -0.15) is 0 Å². The number of carbonyl (C=O) groups is 1. The second kappa shape index (κ2) is 8.50. The van der Waals surface area contributed by atoms with Gasteiger partial charge in [-0.3, -0.25) is 9.63 Å². The first-order valence-corrected chi connectivity index (χ1v) is 5.30. The number of halogens is 1. The van der Waals surface area contributed by atoms with Crippen LogP contribution < -0.4 is 0 Å². The molecule has 0 saturated carbocycles. The Morgan fingerprint density at radius 1 is 1.53 bits per heavy atom. The first-order chi connectivity index (χ1) is 7.13. The van der Waals surface area contributed by atoms with E-state index in [1.165, 1.54) is 17.7 Å². The summed E-state index contributed by atoms with van der Waals surface area (Å²) in [5.74, 6) is -0.0293. The number of carbonyl (C=O) groups excluding carboxylic acids is 1. The molecule has 0 bridgehead atoms. The second-order valence-electron chi connectivity index (χ2n) is 3.24. The Labute approximate surface area is 96.3 Å². The van der Waals surface area contributed by atoms with Crippen LogP contribution in [0.1, 0.15) is 19.8 Å². The van der Waals surface area contributed by atoms with E-state index < -0.39 is 0 Å². The SMILES string of the molecule is CON(C)C(=O)[C@H](C)CC/C=C/C=C/Cl. The Morgan fingerprint density at radius 3 is 2.73 bits per heavy atom. The predicted molar refractivity (Wildman–Crippen MR) is 62.3 cm³/mol. The smallest absolute Gasteiger partial charge is 0.248 e. The molecule has 0 unspecified atom stereocenters. The summed E-state index contributed by atoms with van der Waals surface area (Å²) in [5, 5.41) is 1.26. The monoisotopic (exact) mass is 231 g/mol. The number of amides is 1. The predicted octanol–water partition coefficient (Wildman–Crippen LogP) is 2.73. The molecular weight excluding hydrogens is 214 g/mol. The Kier molecular flexibility index (Phi) is 8.05. The van der Waals surface area contributed by atoms with Gasteiger partial charge in [0.2, 0.25) is 5.91 Å². The van der Waals surface area contributed by atoms with Gasteiger partial charge in [0.1, 0.15) is 0 Å². The van der Waals surface area contributed by atoms with Gasteiger partial charge in [-0.25, -0.2) is 5.06 Å². The highest BCUT2D eigenvalue weighted by Crippen LogP contribution is 2.09. The van der Waals surface area contributed by atoms with Crippen molar-refractivity contribution < 1.29 is 9.63 Å². The molecule has 0 aromatic rings. The lowest BCUT2D eigenvalue weighted by Crippen LogP contribution is -2.30. The molecule has 3 nitrogen and oxygen atoms in total. The van der Waals surface area contributed by atoms with Crippen molar-refractivity contribution in [1.29, 1.82) is 0 Å². The second-order valence-corrected chi connectivity index (χ2v) is 3.50. The molecule has 15 heavy (non-hydrogen) atoms. The lowest BCUT2D eigenvalue weighted by molar-refractivity contribution is -0.173. The quantitative estimate of drug-likeness (QED) is 0.520. The number of hydrogen-bond donors (Lipinski definition) is 0. The van der Waals surface area contributed by atoms with Crippen molar-refractivity contribution in [2.75, 3.05) is 14.2 Å². The molecule has 86 valence electrons. The molecule has 0 fully saturated rings. The molecule has 0 aromatic carbocycles. The molecule has 0 aliphatic carbocycles. The summed E-state index contributed by atoms with van der Waals surface area (Å²) in [4.78, 5) is 16.4. The van der Waals surface area contributed by atoms with E-state index in [0.29, 0.717) is 0 Å². The summed E-state index contributed by atoms with van der Waals surface area (Å²) >= 11 is 5.34. The van der Waals surface area contributed by atoms with Crippen molar-refractivity contribution in [3.8, 4) is 0 Å². The van der Waals surface area contributed by atoms with E-state index in [1.54, 1.807) is 13.1 Å². The molecule has 0 heterocycles. The Morgan fingerprint density at radius 2 is 2.20 bits per heavy atom. The highest BCUT2D eigenvalue weighted by Gasteiger charge is 2.15. The normalized spacial score (nSPS) is 13.6. The van der Waals surface area contributed by atoms with Crippen molar-refractivity contribution >= 4 is 17.5 Å². The first kappa shape index (κ1) is 14.2. The van der Waals surface area contributed by atoms with Crippen LogP contribution in [0.2, 0.25) is 0 Å². The fraction of sp³-hybridized carbons (Fsp3) is 0.545. The largest absolute Gasteiger partial charge is 0.275 e. The molecule has 0 aliphatic rings. The lowest BCUT2D eigenvalue weighted by Gasteiger charge is -2.17. The molecule has 0 radical (unpaired) electrons. The molecule has 1 amide bonds. The van der Waals surface area contributed by atoms with Crippen molar-refractivity contribution in [1.82, 2.24) is 5.06 Å². The van der Waals surface area contributed by atoms with E-state index in [1.807, 2.05) is 19.1 Å². The summed E-state index contributed by atoms with van der Waals surface area (Å²) in [6.07, 6.45) is 7.25. The molecule has 0 aromatic heterocycles. The van der Waals surface area contributed by atoms with Gasteiger partial charge in [0.15, 0.2) is 0 Å². The number of allylic oxidation sites excluding steroid dienone is 3. The van der Waals surface area contributed by atoms with E-state index in [2.05, 4.69) is 0 Å². The summed E-state index contributed by atoms with van der Waals surface area (Å²) < 4.78 is 0. The van der Waals surface area contributed by atoms with E-state index >= 15 is 0 Å². The van der Waals surface area contributed by atoms with Crippen LogP contribution in [0.15, 0.2) is 23.8 Å². The van der Waals surface area contributed by atoms with Crippen molar-refractivity contribution in [3.05, 3.63) is 23.8 Å². The minimum atomic E-state index is -0.0282. The average Bonchev–Trinajstić information content (AvgIpc) is 2.26. The Balaban J connectivity index is 3.83. The maximum absolute atomic E-state index is 11.5. The van der Waals surface area contributed by atoms with Gasteiger partial charge in [0.25, 0.3) is 0 Å². The van der Waals surface area contributed by atoms with Crippen molar-refractivity contribution in [2.45, 2.75) is 19.8 Å². The van der Waals surface area contributed by atoms with Crippen LogP contribution in [0.4, 0.5) is 0 Å². The maximum Gasteiger partial charge on any atom is 0.248 e. The molecule has 4 heteroatoms. The van der Waals surface area contributed by atoms with Gasteiger partial charge in [0.05, 0.1) is 7.11 Å². The number of nitrogens with zero attached hydrogens (tertiary/aromatic N) is 1. The van der Waals surface area contributed by atoms with Gasteiger partial charge in [-0.1, -0.05) is 36.8 Å². The zero-order valence-electron chi connectivity index (χ0n) is 9.44. The van der Waals surface area contributed by atoms with E-state index in [-0.39, 0.29) is 11.8 Å². The topological polar surface area (TPSA) is 29.5 Å². The average molecular weight is 232 g/mol. The molecule has 0 aliphatic heterocycles. The third-order valence-corrected chi connectivity index (χ3v) is 2.24. The molecule has 0 rings (SSSR count).